The third kappa shape index (κ3) is 6.28. The predicted molar refractivity (Wildman–Crippen MR) is 106 cm³/mol. The first kappa shape index (κ1) is 20.1. The zero-order chi connectivity index (χ0) is 18.9. The van der Waals surface area contributed by atoms with Crippen molar-refractivity contribution < 1.29 is 9.59 Å². The van der Waals surface area contributed by atoms with Crippen LogP contribution < -0.4 is 16.0 Å². The van der Waals surface area contributed by atoms with Crippen LogP contribution in [0.1, 0.15) is 35.9 Å². The van der Waals surface area contributed by atoms with Gasteiger partial charge in [-0.05, 0) is 34.9 Å². The summed E-state index contributed by atoms with van der Waals surface area (Å²) >= 11 is 1.66. The average Bonchev–Trinajstić information content (AvgIpc) is 3.15. The second-order valence-corrected chi connectivity index (χ2v) is 7.60. The summed E-state index contributed by atoms with van der Waals surface area (Å²) in [6, 6.07) is 12.6. The Hall–Kier alpha value is -2.18. The minimum absolute atomic E-state index is 0.00934. The van der Waals surface area contributed by atoms with Gasteiger partial charge in [0.05, 0.1) is 19.1 Å². The van der Waals surface area contributed by atoms with E-state index in [1.54, 1.807) is 18.4 Å². The number of nitrogens with one attached hydrogen (secondary N) is 3. The second kappa shape index (κ2) is 10.1. The van der Waals surface area contributed by atoms with Crippen LogP contribution in [0.4, 0.5) is 0 Å². The monoisotopic (exact) mass is 373 g/mol. The van der Waals surface area contributed by atoms with E-state index in [1.165, 1.54) is 5.56 Å². The Morgan fingerprint density at radius 1 is 1.04 bits per heavy atom. The highest BCUT2D eigenvalue weighted by Crippen LogP contribution is 2.26. The van der Waals surface area contributed by atoms with Gasteiger partial charge in [0.1, 0.15) is 0 Å². The van der Waals surface area contributed by atoms with Crippen molar-refractivity contribution in [1.82, 2.24) is 16.0 Å². The Morgan fingerprint density at radius 2 is 1.77 bits per heavy atom. The zero-order valence-electron chi connectivity index (χ0n) is 15.5. The molecule has 0 unspecified atom stereocenters. The highest BCUT2D eigenvalue weighted by atomic mass is 32.1. The van der Waals surface area contributed by atoms with Crippen LogP contribution in [0.25, 0.3) is 0 Å². The van der Waals surface area contributed by atoms with E-state index in [-0.39, 0.29) is 30.9 Å². The molecule has 0 bridgehead atoms. The van der Waals surface area contributed by atoms with E-state index in [2.05, 4.69) is 60.1 Å². The Labute approximate surface area is 159 Å². The molecular weight excluding hydrogens is 346 g/mol. The van der Waals surface area contributed by atoms with Gasteiger partial charge >= 0.3 is 0 Å². The number of thiophene rings is 1. The Bertz CT molecular complexity index is 696. The lowest BCUT2D eigenvalue weighted by Crippen LogP contribution is -2.40. The van der Waals surface area contributed by atoms with Crippen LogP contribution in [-0.4, -0.2) is 32.0 Å². The number of rotatable bonds is 9. The molecule has 6 heteroatoms. The molecule has 140 valence electrons. The van der Waals surface area contributed by atoms with E-state index >= 15 is 0 Å². The third-order valence-corrected chi connectivity index (χ3v) is 4.91. The molecule has 1 heterocycles. The number of likely N-dealkylation sites (N-methyl/N-ethyl adjacent to an activating group) is 1. The number of carbonyl (C=O) groups is 2. The van der Waals surface area contributed by atoms with Crippen molar-refractivity contribution in [2.75, 3.05) is 20.1 Å². The van der Waals surface area contributed by atoms with Gasteiger partial charge in [-0.3, -0.25) is 14.9 Å². The second-order valence-electron chi connectivity index (χ2n) is 6.62. The Kier molecular flexibility index (Phi) is 7.81. The van der Waals surface area contributed by atoms with Gasteiger partial charge in [0.25, 0.3) is 0 Å². The lowest BCUT2D eigenvalue weighted by atomic mass is 9.99. The van der Waals surface area contributed by atoms with E-state index in [0.29, 0.717) is 5.92 Å². The molecule has 0 radical (unpaired) electrons. The number of hydrogen-bond donors (Lipinski definition) is 3. The van der Waals surface area contributed by atoms with Crippen LogP contribution >= 0.6 is 11.3 Å². The Morgan fingerprint density at radius 3 is 2.35 bits per heavy atom. The highest BCUT2D eigenvalue weighted by molar-refractivity contribution is 7.10. The van der Waals surface area contributed by atoms with Crippen molar-refractivity contribution in [2.24, 2.45) is 5.92 Å². The molecule has 0 fully saturated rings. The van der Waals surface area contributed by atoms with Gasteiger partial charge in [0.15, 0.2) is 0 Å². The largest absolute Gasteiger partial charge is 0.358 e. The molecule has 0 saturated heterocycles. The SMILES string of the molecule is CNC(=O)CNC(=O)CN[C@H](c1ccc(CC(C)C)cc1)c1cccs1. The Balaban J connectivity index is 2.03. The predicted octanol–water partition coefficient (Wildman–Crippen LogP) is 2.49. The summed E-state index contributed by atoms with van der Waals surface area (Å²) in [6.07, 6.45) is 1.05. The molecule has 0 saturated carbocycles. The van der Waals surface area contributed by atoms with E-state index in [9.17, 15) is 9.59 Å². The van der Waals surface area contributed by atoms with Gasteiger partial charge in [-0.2, -0.15) is 0 Å². The standard InChI is InChI=1S/C20H27N3O2S/c1-14(2)11-15-6-8-16(9-7-15)20(17-5-4-10-26-17)23-13-19(25)22-12-18(24)21-3/h4-10,14,20,23H,11-13H2,1-3H3,(H,21,24)(H,22,25)/t20-/m1/s1. The molecule has 26 heavy (non-hydrogen) atoms. The molecule has 2 amide bonds. The molecule has 1 aromatic carbocycles. The molecular formula is C20H27N3O2S. The van der Waals surface area contributed by atoms with Gasteiger partial charge in [-0.25, -0.2) is 0 Å². The molecule has 2 rings (SSSR count). The summed E-state index contributed by atoms with van der Waals surface area (Å²) in [5.74, 6) is 0.205. The fraction of sp³-hybridized carbons (Fsp3) is 0.400. The first-order chi connectivity index (χ1) is 12.5. The van der Waals surface area contributed by atoms with Crippen molar-refractivity contribution in [2.45, 2.75) is 26.3 Å². The molecule has 1 atom stereocenters. The molecule has 5 nitrogen and oxygen atoms in total. The topological polar surface area (TPSA) is 70.2 Å². The normalized spacial score (nSPS) is 12.0. The number of benzene rings is 1. The van der Waals surface area contributed by atoms with Gasteiger partial charge in [0.2, 0.25) is 11.8 Å². The summed E-state index contributed by atoms with van der Waals surface area (Å²) in [5.41, 5.74) is 2.44. The van der Waals surface area contributed by atoms with E-state index in [0.717, 1.165) is 16.9 Å². The maximum absolute atomic E-state index is 12.0. The van der Waals surface area contributed by atoms with Crippen molar-refractivity contribution in [3.8, 4) is 0 Å². The first-order valence-corrected chi connectivity index (χ1v) is 9.70. The van der Waals surface area contributed by atoms with Crippen molar-refractivity contribution >= 4 is 23.2 Å². The lowest BCUT2D eigenvalue weighted by Gasteiger charge is -2.18. The number of hydrogen-bond acceptors (Lipinski definition) is 4. The van der Waals surface area contributed by atoms with Gasteiger partial charge in [-0.15, -0.1) is 11.3 Å². The quantitative estimate of drug-likeness (QED) is 0.632. The molecule has 0 aliphatic heterocycles. The molecule has 0 spiro atoms. The summed E-state index contributed by atoms with van der Waals surface area (Å²) in [5, 5.41) is 10.4. The maximum atomic E-state index is 12.0. The maximum Gasteiger partial charge on any atom is 0.239 e. The van der Waals surface area contributed by atoms with Crippen molar-refractivity contribution in [1.29, 1.82) is 0 Å². The zero-order valence-corrected chi connectivity index (χ0v) is 16.4. The third-order valence-electron chi connectivity index (χ3n) is 3.98. The molecule has 0 aliphatic carbocycles. The summed E-state index contributed by atoms with van der Waals surface area (Å²) in [7, 11) is 1.54. The van der Waals surface area contributed by atoms with E-state index < -0.39 is 0 Å². The van der Waals surface area contributed by atoms with Crippen molar-refractivity contribution in [3.63, 3.8) is 0 Å². The summed E-state index contributed by atoms with van der Waals surface area (Å²) in [6.45, 7) is 4.56. The molecule has 2 aromatic rings. The number of carbonyl (C=O) groups excluding carboxylic acids is 2. The van der Waals surface area contributed by atoms with Crippen LogP contribution in [-0.2, 0) is 16.0 Å². The van der Waals surface area contributed by atoms with E-state index in [1.807, 2.05) is 11.4 Å². The fourth-order valence-corrected chi connectivity index (χ4v) is 3.51. The molecule has 0 aliphatic rings. The molecule has 1 aromatic heterocycles. The van der Waals surface area contributed by atoms with Crippen LogP contribution in [0.15, 0.2) is 41.8 Å². The minimum atomic E-state index is -0.214. The average molecular weight is 374 g/mol. The molecule has 3 N–H and O–H groups in total. The first-order valence-electron chi connectivity index (χ1n) is 8.82. The summed E-state index contributed by atoms with van der Waals surface area (Å²) < 4.78 is 0. The summed E-state index contributed by atoms with van der Waals surface area (Å²) in [4.78, 5) is 24.4. The lowest BCUT2D eigenvalue weighted by molar-refractivity contribution is -0.125. The van der Waals surface area contributed by atoms with Crippen LogP contribution in [0.2, 0.25) is 0 Å². The van der Waals surface area contributed by atoms with Crippen LogP contribution in [0.5, 0.6) is 0 Å². The minimum Gasteiger partial charge on any atom is -0.358 e. The fourth-order valence-electron chi connectivity index (χ4n) is 2.68. The van der Waals surface area contributed by atoms with Crippen molar-refractivity contribution in [3.05, 3.63) is 57.8 Å². The van der Waals surface area contributed by atoms with Gasteiger partial charge < -0.3 is 10.6 Å². The van der Waals surface area contributed by atoms with Crippen LogP contribution in [0.3, 0.4) is 0 Å². The number of amides is 2. The van der Waals surface area contributed by atoms with Crippen LogP contribution in [0, 0.1) is 5.92 Å². The smallest absolute Gasteiger partial charge is 0.239 e. The van der Waals surface area contributed by atoms with Gasteiger partial charge in [-0.1, -0.05) is 44.2 Å². The highest BCUT2D eigenvalue weighted by Gasteiger charge is 2.16. The van der Waals surface area contributed by atoms with Gasteiger partial charge in [0, 0.05) is 11.9 Å². The van der Waals surface area contributed by atoms with E-state index in [4.69, 9.17) is 0 Å².